The Hall–Kier alpha value is -2.09. The summed E-state index contributed by atoms with van der Waals surface area (Å²) in [5, 5.41) is 2.74. The van der Waals surface area contributed by atoms with E-state index < -0.39 is 15.6 Å². The number of sulfonamides is 1. The fourth-order valence-electron chi connectivity index (χ4n) is 2.51. The summed E-state index contributed by atoms with van der Waals surface area (Å²) in [5.74, 6) is -0.342. The zero-order valence-electron chi connectivity index (χ0n) is 16.1. The van der Waals surface area contributed by atoms with Crippen molar-refractivity contribution in [3.05, 3.63) is 53.1 Å². The number of anilines is 2. The Labute approximate surface area is 167 Å². The molecule has 2 aromatic carbocycles. The minimum absolute atomic E-state index is 0. The highest BCUT2D eigenvalue weighted by Crippen LogP contribution is 2.23. The topological polar surface area (TPSA) is 101 Å². The second kappa shape index (κ2) is 8.29. The molecule has 0 aliphatic carbocycles. The maximum atomic E-state index is 12.6. The number of halogens is 1. The van der Waals surface area contributed by atoms with Crippen LogP contribution in [-0.2, 0) is 10.0 Å². The Balaban J connectivity index is 0.00000364. The van der Waals surface area contributed by atoms with Crippen molar-refractivity contribution < 1.29 is 13.2 Å². The minimum atomic E-state index is -3.71. The van der Waals surface area contributed by atoms with Crippen molar-refractivity contribution in [3.8, 4) is 0 Å². The summed E-state index contributed by atoms with van der Waals surface area (Å²) in [6.45, 7) is 8.84. The highest BCUT2D eigenvalue weighted by molar-refractivity contribution is 7.89. The zero-order valence-corrected chi connectivity index (χ0v) is 17.7. The third-order valence-electron chi connectivity index (χ3n) is 3.68. The molecule has 4 N–H and O–H groups in total. The normalized spacial score (nSPS) is 11.6. The molecule has 0 heterocycles. The summed E-state index contributed by atoms with van der Waals surface area (Å²) in [6, 6.07) is 9.88. The van der Waals surface area contributed by atoms with Crippen molar-refractivity contribution in [1.29, 1.82) is 0 Å². The molecular weight excluding hydrogens is 386 g/mol. The van der Waals surface area contributed by atoms with Crippen LogP contribution in [-0.4, -0.2) is 19.9 Å². The van der Waals surface area contributed by atoms with Crippen molar-refractivity contribution in [2.45, 2.75) is 45.1 Å². The molecule has 0 saturated heterocycles. The summed E-state index contributed by atoms with van der Waals surface area (Å²) >= 11 is 0. The molecule has 0 aromatic heterocycles. The molecule has 0 atom stereocenters. The van der Waals surface area contributed by atoms with Crippen LogP contribution < -0.4 is 15.8 Å². The lowest BCUT2D eigenvalue weighted by atomic mass is 10.1. The molecule has 0 fully saturated rings. The van der Waals surface area contributed by atoms with E-state index in [1.54, 1.807) is 58.0 Å². The third kappa shape index (κ3) is 5.95. The second-order valence-corrected chi connectivity index (χ2v) is 9.02. The Kier molecular flexibility index (Phi) is 7.05. The van der Waals surface area contributed by atoms with E-state index in [1.165, 1.54) is 6.07 Å². The van der Waals surface area contributed by atoms with Crippen molar-refractivity contribution >= 4 is 39.7 Å². The maximum absolute atomic E-state index is 12.6. The van der Waals surface area contributed by atoms with Crippen molar-refractivity contribution in [2.24, 2.45) is 0 Å². The highest BCUT2D eigenvalue weighted by Gasteiger charge is 2.24. The lowest BCUT2D eigenvalue weighted by Crippen LogP contribution is -2.40. The molecular formula is C19H26ClN3O3S. The Morgan fingerprint density at radius 1 is 1.00 bits per heavy atom. The van der Waals surface area contributed by atoms with Gasteiger partial charge in [0.1, 0.15) is 0 Å². The van der Waals surface area contributed by atoms with Crippen molar-refractivity contribution in [1.82, 2.24) is 4.72 Å². The predicted octanol–water partition coefficient (Wildman–Crippen LogP) is 3.64. The molecule has 0 unspecified atom stereocenters. The van der Waals surface area contributed by atoms with Gasteiger partial charge in [0.2, 0.25) is 10.0 Å². The molecule has 0 aliphatic heterocycles. The number of amides is 1. The van der Waals surface area contributed by atoms with Gasteiger partial charge >= 0.3 is 0 Å². The van der Waals surface area contributed by atoms with E-state index >= 15 is 0 Å². The molecule has 148 valence electrons. The number of carbonyl (C=O) groups excluding carboxylic acids is 1. The van der Waals surface area contributed by atoms with Crippen LogP contribution >= 0.6 is 12.4 Å². The van der Waals surface area contributed by atoms with Gasteiger partial charge in [0.25, 0.3) is 5.91 Å². The SMILES string of the molecule is Cc1ccc(N)cc1C(=O)Nc1ccc(C)c(S(=O)(=O)NC(C)(C)C)c1.Cl. The van der Waals surface area contributed by atoms with Crippen LogP contribution in [0.2, 0.25) is 0 Å². The van der Waals surface area contributed by atoms with Crippen LogP contribution in [0.3, 0.4) is 0 Å². The summed E-state index contributed by atoms with van der Waals surface area (Å²) < 4.78 is 27.9. The van der Waals surface area contributed by atoms with E-state index in [9.17, 15) is 13.2 Å². The first-order chi connectivity index (χ1) is 11.9. The van der Waals surface area contributed by atoms with E-state index in [-0.39, 0.29) is 23.2 Å². The van der Waals surface area contributed by atoms with Gasteiger partial charge in [-0.15, -0.1) is 12.4 Å². The second-order valence-electron chi connectivity index (χ2n) is 7.36. The first kappa shape index (κ1) is 23.0. The molecule has 0 radical (unpaired) electrons. The van der Waals surface area contributed by atoms with E-state index in [2.05, 4.69) is 10.0 Å². The molecule has 0 spiro atoms. The maximum Gasteiger partial charge on any atom is 0.256 e. The Morgan fingerprint density at radius 3 is 2.19 bits per heavy atom. The van der Waals surface area contributed by atoms with Crippen molar-refractivity contribution in [2.75, 3.05) is 11.1 Å². The van der Waals surface area contributed by atoms with Gasteiger partial charge in [0.15, 0.2) is 0 Å². The number of nitrogens with two attached hydrogens (primary N) is 1. The van der Waals surface area contributed by atoms with Crippen LogP contribution in [0, 0.1) is 13.8 Å². The molecule has 0 aliphatic rings. The highest BCUT2D eigenvalue weighted by atomic mass is 35.5. The fraction of sp³-hybridized carbons (Fsp3) is 0.316. The lowest BCUT2D eigenvalue weighted by molar-refractivity contribution is 0.102. The van der Waals surface area contributed by atoms with Gasteiger partial charge < -0.3 is 11.1 Å². The number of hydrogen-bond donors (Lipinski definition) is 3. The molecule has 2 aromatic rings. The largest absolute Gasteiger partial charge is 0.399 e. The molecule has 8 heteroatoms. The van der Waals surface area contributed by atoms with Crippen molar-refractivity contribution in [3.63, 3.8) is 0 Å². The number of rotatable bonds is 4. The van der Waals surface area contributed by atoms with Crippen LogP contribution in [0.15, 0.2) is 41.3 Å². The van der Waals surface area contributed by atoms with Gasteiger partial charge in [-0.05, 0) is 70.0 Å². The monoisotopic (exact) mass is 411 g/mol. The number of aryl methyl sites for hydroxylation is 2. The number of carbonyl (C=O) groups is 1. The van der Waals surface area contributed by atoms with Gasteiger partial charge in [-0.25, -0.2) is 13.1 Å². The standard InChI is InChI=1S/C19H25N3O3S.ClH/c1-12-6-8-14(20)10-16(12)18(23)21-15-9-7-13(2)17(11-15)26(24,25)22-19(3,4)5;/h6-11,22H,20H2,1-5H3,(H,21,23);1H. The van der Waals surface area contributed by atoms with Gasteiger partial charge in [0.05, 0.1) is 4.90 Å². The van der Waals surface area contributed by atoms with Gasteiger partial charge in [0, 0.05) is 22.5 Å². The molecule has 6 nitrogen and oxygen atoms in total. The quantitative estimate of drug-likeness (QED) is 0.668. The number of nitrogen functional groups attached to an aromatic ring is 1. The fourth-order valence-corrected chi connectivity index (χ4v) is 4.20. The molecule has 27 heavy (non-hydrogen) atoms. The van der Waals surface area contributed by atoms with Gasteiger partial charge in [-0.2, -0.15) is 0 Å². The molecule has 0 bridgehead atoms. The Bertz CT molecular complexity index is 951. The zero-order chi connectivity index (χ0) is 19.7. The number of hydrogen-bond acceptors (Lipinski definition) is 4. The first-order valence-electron chi connectivity index (χ1n) is 8.21. The van der Waals surface area contributed by atoms with E-state index in [4.69, 9.17) is 5.73 Å². The summed E-state index contributed by atoms with van der Waals surface area (Å²) in [4.78, 5) is 12.7. The molecule has 0 saturated carbocycles. The van der Waals surface area contributed by atoms with Gasteiger partial charge in [-0.1, -0.05) is 12.1 Å². The first-order valence-corrected chi connectivity index (χ1v) is 9.69. The van der Waals surface area contributed by atoms with Gasteiger partial charge in [-0.3, -0.25) is 4.79 Å². The van der Waals surface area contributed by atoms with Crippen LogP contribution in [0.25, 0.3) is 0 Å². The summed E-state index contributed by atoms with van der Waals surface area (Å²) in [5.41, 5.74) is 7.86. The van der Waals surface area contributed by atoms with E-state index in [0.717, 1.165) is 5.56 Å². The van der Waals surface area contributed by atoms with Crippen LogP contribution in [0.4, 0.5) is 11.4 Å². The van der Waals surface area contributed by atoms with Crippen LogP contribution in [0.1, 0.15) is 42.3 Å². The molecule has 1 amide bonds. The summed E-state index contributed by atoms with van der Waals surface area (Å²) in [7, 11) is -3.71. The predicted molar refractivity (Wildman–Crippen MR) is 112 cm³/mol. The minimum Gasteiger partial charge on any atom is -0.399 e. The van der Waals surface area contributed by atoms with E-state index in [0.29, 0.717) is 22.5 Å². The van der Waals surface area contributed by atoms with Crippen LogP contribution in [0.5, 0.6) is 0 Å². The third-order valence-corrected chi connectivity index (χ3v) is 5.58. The molecule has 2 rings (SSSR count). The number of benzene rings is 2. The number of nitrogens with one attached hydrogen (secondary N) is 2. The summed E-state index contributed by atoms with van der Waals surface area (Å²) in [6.07, 6.45) is 0. The average molecular weight is 412 g/mol. The lowest BCUT2D eigenvalue weighted by Gasteiger charge is -2.21. The smallest absolute Gasteiger partial charge is 0.256 e. The van der Waals surface area contributed by atoms with E-state index in [1.807, 2.05) is 6.92 Å². The average Bonchev–Trinajstić information content (AvgIpc) is 2.49. The Morgan fingerprint density at radius 2 is 1.59 bits per heavy atom.